The maximum Gasteiger partial charge on any atom is 0.200 e. The number of hydrogen-bond acceptors (Lipinski definition) is 8. The van der Waals surface area contributed by atoms with Crippen molar-refractivity contribution >= 4 is 21.3 Å². The Kier molecular flexibility index (Phi) is 3.22. The molecule has 4 rings (SSSR count). The van der Waals surface area contributed by atoms with Crippen molar-refractivity contribution in [2.45, 2.75) is 12.5 Å². The van der Waals surface area contributed by atoms with E-state index in [0.29, 0.717) is 17.2 Å². The average molecular weight is 323 g/mol. The second-order valence-corrected chi connectivity index (χ2v) is 8.03. The van der Waals surface area contributed by atoms with E-state index in [4.69, 9.17) is 0 Å². The highest BCUT2D eigenvalue weighted by molar-refractivity contribution is 7.91. The van der Waals surface area contributed by atoms with E-state index in [9.17, 15) is 8.42 Å². The Morgan fingerprint density at radius 3 is 2.68 bits per heavy atom. The number of hydrogen-bond donors (Lipinski definition) is 0. The van der Waals surface area contributed by atoms with Gasteiger partial charge in [0, 0.05) is 32.2 Å². The smallest absolute Gasteiger partial charge is 0.200 e. The van der Waals surface area contributed by atoms with E-state index in [-0.39, 0.29) is 6.04 Å². The number of anilines is 1. The zero-order valence-corrected chi connectivity index (χ0v) is 12.9. The normalized spacial score (nSPS) is 25.8. The predicted molar refractivity (Wildman–Crippen MR) is 79.4 cm³/mol. The first-order chi connectivity index (χ1) is 10.6. The summed E-state index contributed by atoms with van der Waals surface area (Å²) in [5, 5.41) is 15.6. The summed E-state index contributed by atoms with van der Waals surface area (Å²) in [6, 6.07) is 3.95. The summed E-state index contributed by atoms with van der Waals surface area (Å²) in [5.74, 6) is 1.48. The van der Waals surface area contributed by atoms with Gasteiger partial charge >= 0.3 is 0 Å². The van der Waals surface area contributed by atoms with Gasteiger partial charge in [-0.2, -0.15) is 0 Å². The molecule has 9 nitrogen and oxygen atoms in total. The second kappa shape index (κ2) is 5.13. The summed E-state index contributed by atoms with van der Waals surface area (Å²) in [6.07, 6.45) is 0.761. The van der Waals surface area contributed by atoms with Crippen LogP contribution in [0.5, 0.6) is 0 Å². The molecule has 2 fully saturated rings. The fraction of sp³-hybridized carbons (Fsp3) is 0.667. The van der Waals surface area contributed by atoms with Gasteiger partial charge in [-0.3, -0.25) is 4.90 Å². The molecule has 0 aromatic carbocycles. The lowest BCUT2D eigenvalue weighted by Gasteiger charge is -2.38. The van der Waals surface area contributed by atoms with E-state index < -0.39 is 9.84 Å². The lowest BCUT2D eigenvalue weighted by Crippen LogP contribution is -2.51. The molecule has 0 saturated carbocycles. The van der Waals surface area contributed by atoms with Gasteiger partial charge in [-0.05, 0) is 29.0 Å². The molecule has 2 aromatic heterocycles. The lowest BCUT2D eigenvalue weighted by atomic mass is 10.2. The average Bonchev–Trinajstić information content (AvgIpc) is 3.12. The minimum absolute atomic E-state index is 0.183. The number of fused-ring (bicyclic) bond motifs is 1. The van der Waals surface area contributed by atoms with Gasteiger partial charge in [0.2, 0.25) is 0 Å². The van der Waals surface area contributed by atoms with E-state index in [2.05, 4.69) is 30.4 Å². The Balaban J connectivity index is 1.43. The summed E-state index contributed by atoms with van der Waals surface area (Å²) in [4.78, 5) is 4.47. The van der Waals surface area contributed by atoms with E-state index in [0.717, 1.165) is 38.4 Å². The summed E-state index contributed by atoms with van der Waals surface area (Å²) >= 11 is 0. The first kappa shape index (κ1) is 13.8. The van der Waals surface area contributed by atoms with Crippen LogP contribution in [0.15, 0.2) is 12.1 Å². The topological polar surface area (TPSA) is 96.6 Å². The molecule has 1 atom stereocenters. The van der Waals surface area contributed by atoms with Crippen LogP contribution in [0.2, 0.25) is 0 Å². The number of sulfone groups is 1. The van der Waals surface area contributed by atoms with Crippen molar-refractivity contribution in [3.05, 3.63) is 12.1 Å². The fourth-order valence-electron chi connectivity index (χ4n) is 3.19. The van der Waals surface area contributed by atoms with Crippen LogP contribution in [0.3, 0.4) is 0 Å². The molecule has 0 bridgehead atoms. The Bertz CT molecular complexity index is 782. The van der Waals surface area contributed by atoms with Gasteiger partial charge in [-0.25, -0.2) is 8.42 Å². The van der Waals surface area contributed by atoms with E-state index in [1.165, 1.54) is 4.63 Å². The lowest BCUT2D eigenvalue weighted by molar-refractivity contribution is 0.200. The Morgan fingerprint density at radius 1 is 1.14 bits per heavy atom. The van der Waals surface area contributed by atoms with Gasteiger partial charge in [-0.1, -0.05) is 0 Å². The molecule has 0 N–H and O–H groups in total. The fourth-order valence-corrected chi connectivity index (χ4v) is 4.95. The molecule has 4 heterocycles. The van der Waals surface area contributed by atoms with Crippen LogP contribution < -0.4 is 4.90 Å². The van der Waals surface area contributed by atoms with Crippen LogP contribution in [-0.4, -0.2) is 82.3 Å². The largest absolute Gasteiger partial charge is 0.353 e. The quantitative estimate of drug-likeness (QED) is 0.682. The highest BCUT2D eigenvalue weighted by Gasteiger charge is 2.33. The Labute approximate surface area is 127 Å². The van der Waals surface area contributed by atoms with Crippen molar-refractivity contribution in [2.24, 2.45) is 0 Å². The molecular weight excluding hydrogens is 306 g/mol. The van der Waals surface area contributed by atoms with Crippen molar-refractivity contribution in [2.75, 3.05) is 42.6 Å². The maximum absolute atomic E-state index is 11.6. The van der Waals surface area contributed by atoms with Crippen molar-refractivity contribution in [1.29, 1.82) is 0 Å². The van der Waals surface area contributed by atoms with Gasteiger partial charge in [0.05, 0.1) is 11.5 Å². The SMILES string of the molecule is O=S1(=O)CC[C@H](N2CCN(c3ccc4nnnn4n3)CC2)C1. The highest BCUT2D eigenvalue weighted by atomic mass is 32.2. The molecule has 22 heavy (non-hydrogen) atoms. The third kappa shape index (κ3) is 2.52. The molecular formula is C12H17N7O2S. The third-order valence-corrected chi connectivity index (χ3v) is 6.17. The summed E-state index contributed by atoms with van der Waals surface area (Å²) in [5.41, 5.74) is 0.624. The van der Waals surface area contributed by atoms with E-state index in [1.807, 2.05) is 12.1 Å². The Morgan fingerprint density at radius 2 is 1.95 bits per heavy atom. The van der Waals surface area contributed by atoms with Crippen LogP contribution in [0, 0.1) is 0 Å². The van der Waals surface area contributed by atoms with Crippen LogP contribution in [0.4, 0.5) is 5.82 Å². The van der Waals surface area contributed by atoms with Crippen LogP contribution >= 0.6 is 0 Å². The van der Waals surface area contributed by atoms with Crippen LogP contribution in [0.25, 0.3) is 5.65 Å². The molecule has 0 spiro atoms. The summed E-state index contributed by atoms with van der Waals surface area (Å²) in [7, 11) is -2.82. The summed E-state index contributed by atoms with van der Waals surface area (Å²) < 4.78 is 24.6. The maximum atomic E-state index is 11.6. The number of piperazine rings is 1. The van der Waals surface area contributed by atoms with Gasteiger partial charge in [0.25, 0.3) is 0 Å². The molecule has 0 unspecified atom stereocenters. The zero-order chi connectivity index (χ0) is 15.2. The first-order valence-corrected chi connectivity index (χ1v) is 9.18. The third-order valence-electron chi connectivity index (χ3n) is 4.42. The van der Waals surface area contributed by atoms with Gasteiger partial charge in [-0.15, -0.1) is 14.8 Å². The molecule has 0 amide bonds. The molecule has 2 aliphatic rings. The number of nitrogens with zero attached hydrogens (tertiary/aromatic N) is 7. The van der Waals surface area contributed by atoms with Crippen LogP contribution in [-0.2, 0) is 9.84 Å². The molecule has 118 valence electrons. The molecule has 10 heteroatoms. The van der Waals surface area contributed by atoms with Gasteiger partial charge < -0.3 is 4.90 Å². The highest BCUT2D eigenvalue weighted by Crippen LogP contribution is 2.21. The predicted octanol–water partition coefficient (Wildman–Crippen LogP) is -1.17. The first-order valence-electron chi connectivity index (χ1n) is 7.36. The van der Waals surface area contributed by atoms with Crippen molar-refractivity contribution in [3.63, 3.8) is 0 Å². The second-order valence-electron chi connectivity index (χ2n) is 5.80. The molecule has 2 aliphatic heterocycles. The molecule has 2 aromatic rings. The van der Waals surface area contributed by atoms with E-state index in [1.54, 1.807) is 0 Å². The van der Waals surface area contributed by atoms with Gasteiger partial charge in [0.1, 0.15) is 0 Å². The van der Waals surface area contributed by atoms with Crippen molar-refractivity contribution < 1.29 is 8.42 Å². The van der Waals surface area contributed by atoms with Crippen LogP contribution in [0.1, 0.15) is 6.42 Å². The van der Waals surface area contributed by atoms with Crippen molar-refractivity contribution in [3.8, 4) is 0 Å². The number of tetrazole rings is 1. The monoisotopic (exact) mass is 323 g/mol. The van der Waals surface area contributed by atoms with Crippen molar-refractivity contribution in [1.82, 2.24) is 30.2 Å². The summed E-state index contributed by atoms with van der Waals surface area (Å²) in [6.45, 7) is 3.37. The molecule has 0 radical (unpaired) electrons. The van der Waals surface area contributed by atoms with Gasteiger partial charge in [0.15, 0.2) is 21.3 Å². The van der Waals surface area contributed by atoms with E-state index >= 15 is 0 Å². The standard InChI is InChI=1S/C12H17N7O2S/c20-22(21)8-3-10(9-22)17-4-6-18(7-5-17)12-2-1-11-13-15-16-19(11)14-12/h1-2,10H,3-9H2/t10-/m0/s1. The number of rotatable bonds is 2. The Hall–Kier alpha value is -1.81. The minimum atomic E-state index is -2.82. The zero-order valence-electron chi connectivity index (χ0n) is 12.0. The molecule has 0 aliphatic carbocycles. The molecule has 2 saturated heterocycles. The number of aromatic nitrogens is 5. The minimum Gasteiger partial charge on any atom is -0.353 e.